The van der Waals surface area contributed by atoms with Crippen molar-refractivity contribution in [3.05, 3.63) is 35.4 Å². The van der Waals surface area contributed by atoms with Crippen LogP contribution in [0.4, 0.5) is 0 Å². The summed E-state index contributed by atoms with van der Waals surface area (Å²) in [6.45, 7) is 5.48. The van der Waals surface area contributed by atoms with Crippen LogP contribution in [0.25, 0.3) is 0 Å². The van der Waals surface area contributed by atoms with Gasteiger partial charge >= 0.3 is 0 Å². The van der Waals surface area contributed by atoms with Gasteiger partial charge in [0.1, 0.15) is 0 Å². The summed E-state index contributed by atoms with van der Waals surface area (Å²) in [4.78, 5) is 23.8. The van der Waals surface area contributed by atoms with Crippen LogP contribution in [0.3, 0.4) is 0 Å². The minimum atomic E-state index is -0.207. The van der Waals surface area contributed by atoms with Crippen LogP contribution in [-0.2, 0) is 11.2 Å². The van der Waals surface area contributed by atoms with Crippen molar-refractivity contribution in [3.63, 3.8) is 0 Å². The third-order valence-electron chi connectivity index (χ3n) is 3.02. The van der Waals surface area contributed by atoms with E-state index >= 15 is 0 Å². The second-order valence-electron chi connectivity index (χ2n) is 5.39. The predicted octanol–water partition coefficient (Wildman–Crippen LogP) is 0.951. The van der Waals surface area contributed by atoms with E-state index in [2.05, 4.69) is 16.0 Å². The minimum Gasteiger partial charge on any atom is -0.354 e. The van der Waals surface area contributed by atoms with E-state index < -0.39 is 0 Å². The predicted molar refractivity (Wildman–Crippen MR) is 84.3 cm³/mol. The van der Waals surface area contributed by atoms with Crippen molar-refractivity contribution < 1.29 is 9.59 Å². The fourth-order valence-corrected chi connectivity index (χ4v) is 1.86. The number of likely N-dealkylation sites (N-methyl/N-ethyl adjacent to an activating group) is 1. The van der Waals surface area contributed by atoms with E-state index in [0.717, 1.165) is 18.5 Å². The van der Waals surface area contributed by atoms with Gasteiger partial charge in [0.25, 0.3) is 5.91 Å². The van der Waals surface area contributed by atoms with Gasteiger partial charge in [-0.1, -0.05) is 32.0 Å². The van der Waals surface area contributed by atoms with Crippen molar-refractivity contribution in [3.8, 4) is 0 Å². The summed E-state index contributed by atoms with van der Waals surface area (Å²) in [5, 5.41) is 8.51. The van der Waals surface area contributed by atoms with Crippen LogP contribution in [0.5, 0.6) is 0 Å². The average molecular weight is 291 g/mol. The van der Waals surface area contributed by atoms with Crippen molar-refractivity contribution in [1.82, 2.24) is 16.0 Å². The first-order chi connectivity index (χ1) is 10.0. The summed E-state index contributed by atoms with van der Waals surface area (Å²) in [6.07, 6.45) is 0.777. The van der Waals surface area contributed by atoms with Gasteiger partial charge in [0.15, 0.2) is 0 Å². The second-order valence-corrected chi connectivity index (χ2v) is 5.39. The summed E-state index contributed by atoms with van der Waals surface area (Å²) in [6, 6.07) is 7.46. The van der Waals surface area contributed by atoms with E-state index in [4.69, 9.17) is 0 Å². The number of amides is 2. The van der Waals surface area contributed by atoms with E-state index in [1.807, 2.05) is 39.1 Å². The molecule has 0 aliphatic carbocycles. The van der Waals surface area contributed by atoms with Crippen LogP contribution in [-0.4, -0.2) is 38.5 Å². The molecule has 1 aromatic carbocycles. The third-order valence-corrected chi connectivity index (χ3v) is 3.02. The van der Waals surface area contributed by atoms with Crippen LogP contribution < -0.4 is 16.0 Å². The Morgan fingerprint density at radius 3 is 2.52 bits per heavy atom. The fraction of sp³-hybridized carbons (Fsp3) is 0.500. The monoisotopic (exact) mass is 291 g/mol. The van der Waals surface area contributed by atoms with Gasteiger partial charge < -0.3 is 16.0 Å². The zero-order valence-electron chi connectivity index (χ0n) is 13.0. The molecular weight excluding hydrogens is 266 g/mol. The Bertz CT molecular complexity index is 472. The zero-order chi connectivity index (χ0) is 15.7. The summed E-state index contributed by atoms with van der Waals surface area (Å²) in [7, 11) is 1.88. The molecule has 116 valence electrons. The number of rotatable bonds is 8. The Hall–Kier alpha value is -1.88. The molecule has 21 heavy (non-hydrogen) atoms. The molecule has 0 aromatic heterocycles. The van der Waals surface area contributed by atoms with Gasteiger partial charge in [-0.2, -0.15) is 0 Å². The highest BCUT2D eigenvalue weighted by Gasteiger charge is 2.11. The molecule has 1 rings (SSSR count). The first-order valence-electron chi connectivity index (χ1n) is 7.32. The standard InChI is InChI=1S/C16H25N3O2/c1-12(2)10-18-15(20)11-19-16(21)14-7-5-4-6-13(14)8-9-17-3/h4-7,12,17H,8-11H2,1-3H3,(H,18,20)(H,19,21). The van der Waals surface area contributed by atoms with Gasteiger partial charge in [-0.15, -0.1) is 0 Å². The number of nitrogens with one attached hydrogen (secondary N) is 3. The lowest BCUT2D eigenvalue weighted by Gasteiger charge is -2.11. The highest BCUT2D eigenvalue weighted by Crippen LogP contribution is 2.09. The SMILES string of the molecule is CNCCc1ccccc1C(=O)NCC(=O)NCC(C)C. The molecule has 0 saturated heterocycles. The van der Waals surface area contributed by atoms with E-state index in [-0.39, 0.29) is 18.4 Å². The van der Waals surface area contributed by atoms with Crippen molar-refractivity contribution in [2.45, 2.75) is 20.3 Å². The van der Waals surface area contributed by atoms with Gasteiger partial charge in [0.2, 0.25) is 5.91 Å². The van der Waals surface area contributed by atoms with Crippen LogP contribution >= 0.6 is 0 Å². The molecule has 0 fully saturated rings. The van der Waals surface area contributed by atoms with Gasteiger partial charge in [-0.05, 0) is 37.6 Å². The summed E-state index contributed by atoms with van der Waals surface area (Å²) in [5.74, 6) is 0.0260. The summed E-state index contributed by atoms with van der Waals surface area (Å²) >= 11 is 0. The third kappa shape index (κ3) is 6.40. The van der Waals surface area contributed by atoms with E-state index in [1.54, 1.807) is 6.07 Å². The second kappa shape index (κ2) is 9.13. The molecular formula is C16H25N3O2. The van der Waals surface area contributed by atoms with Gasteiger partial charge in [0, 0.05) is 12.1 Å². The molecule has 0 spiro atoms. The Kier molecular flexibility index (Phi) is 7.46. The summed E-state index contributed by atoms with van der Waals surface area (Å²) < 4.78 is 0. The lowest BCUT2D eigenvalue weighted by molar-refractivity contribution is -0.120. The Morgan fingerprint density at radius 1 is 1.14 bits per heavy atom. The normalized spacial score (nSPS) is 10.5. The number of carbonyl (C=O) groups excluding carboxylic acids is 2. The topological polar surface area (TPSA) is 70.2 Å². The molecule has 0 aliphatic heterocycles. The van der Waals surface area contributed by atoms with E-state index in [0.29, 0.717) is 18.0 Å². The molecule has 5 nitrogen and oxygen atoms in total. The molecule has 2 amide bonds. The number of hydrogen-bond acceptors (Lipinski definition) is 3. The van der Waals surface area contributed by atoms with Crippen molar-refractivity contribution in [2.24, 2.45) is 5.92 Å². The molecule has 1 aromatic rings. The van der Waals surface area contributed by atoms with Crippen LogP contribution in [0.15, 0.2) is 24.3 Å². The fourth-order valence-electron chi connectivity index (χ4n) is 1.86. The molecule has 5 heteroatoms. The lowest BCUT2D eigenvalue weighted by atomic mass is 10.0. The average Bonchev–Trinajstić information content (AvgIpc) is 2.48. The lowest BCUT2D eigenvalue weighted by Crippen LogP contribution is -2.38. The van der Waals surface area contributed by atoms with Crippen LogP contribution in [0.1, 0.15) is 29.8 Å². The minimum absolute atomic E-state index is 0.00587. The van der Waals surface area contributed by atoms with Gasteiger partial charge in [-0.25, -0.2) is 0 Å². The molecule has 0 unspecified atom stereocenters. The highest BCUT2D eigenvalue weighted by atomic mass is 16.2. The molecule has 0 aliphatic rings. The molecule has 0 bridgehead atoms. The Balaban J connectivity index is 2.53. The molecule has 0 saturated carbocycles. The number of hydrogen-bond donors (Lipinski definition) is 3. The van der Waals surface area contributed by atoms with Gasteiger partial charge in [-0.3, -0.25) is 9.59 Å². The maximum Gasteiger partial charge on any atom is 0.251 e. The Morgan fingerprint density at radius 2 is 1.86 bits per heavy atom. The van der Waals surface area contributed by atoms with Crippen LogP contribution in [0, 0.1) is 5.92 Å². The smallest absolute Gasteiger partial charge is 0.251 e. The maximum atomic E-state index is 12.2. The number of carbonyl (C=O) groups is 2. The first-order valence-corrected chi connectivity index (χ1v) is 7.32. The van der Waals surface area contributed by atoms with Crippen molar-refractivity contribution in [2.75, 3.05) is 26.7 Å². The molecule has 3 N–H and O–H groups in total. The number of benzene rings is 1. The molecule has 0 radical (unpaired) electrons. The maximum absolute atomic E-state index is 12.2. The molecule has 0 atom stereocenters. The summed E-state index contributed by atoms with van der Waals surface area (Å²) in [5.41, 5.74) is 1.61. The van der Waals surface area contributed by atoms with Gasteiger partial charge in [0.05, 0.1) is 6.54 Å². The highest BCUT2D eigenvalue weighted by molar-refractivity contribution is 5.97. The van der Waals surface area contributed by atoms with E-state index in [1.165, 1.54) is 0 Å². The van der Waals surface area contributed by atoms with Crippen molar-refractivity contribution in [1.29, 1.82) is 0 Å². The van der Waals surface area contributed by atoms with E-state index in [9.17, 15) is 9.59 Å². The largest absolute Gasteiger partial charge is 0.354 e. The first kappa shape index (κ1) is 17.2. The van der Waals surface area contributed by atoms with Crippen LogP contribution in [0.2, 0.25) is 0 Å². The van der Waals surface area contributed by atoms with Crippen molar-refractivity contribution >= 4 is 11.8 Å². The molecule has 0 heterocycles. The zero-order valence-corrected chi connectivity index (χ0v) is 13.0. The quantitative estimate of drug-likeness (QED) is 0.668. The Labute approximate surface area is 126 Å².